The van der Waals surface area contributed by atoms with Gasteiger partial charge in [-0.1, -0.05) is 53.7 Å². The zero-order chi connectivity index (χ0) is 21.6. The van der Waals surface area contributed by atoms with Gasteiger partial charge in [0.15, 0.2) is 11.0 Å². The molecule has 0 radical (unpaired) electrons. The quantitative estimate of drug-likeness (QED) is 0.313. The molecule has 1 N–H and O–H groups in total. The third kappa shape index (κ3) is 4.90. The molecule has 31 heavy (non-hydrogen) atoms. The summed E-state index contributed by atoms with van der Waals surface area (Å²) in [7, 11) is 0. The molecular weight excluding hydrogens is 402 g/mol. The van der Waals surface area contributed by atoms with E-state index in [-0.39, 0.29) is 0 Å². The third-order valence-corrected chi connectivity index (χ3v) is 5.43. The molecule has 0 bridgehead atoms. The summed E-state index contributed by atoms with van der Waals surface area (Å²) < 4.78 is 0. The van der Waals surface area contributed by atoms with E-state index < -0.39 is 0 Å². The lowest BCUT2D eigenvalue weighted by Gasteiger charge is -2.13. The second kappa shape index (κ2) is 9.41. The molecule has 6 heteroatoms. The summed E-state index contributed by atoms with van der Waals surface area (Å²) in [6, 6.07) is 22.5. The number of hydrogen-bond donors (Lipinski definition) is 1. The second-order valence-corrected chi connectivity index (χ2v) is 7.89. The molecule has 5 nitrogen and oxygen atoms in total. The van der Waals surface area contributed by atoms with Gasteiger partial charge >= 0.3 is 0 Å². The van der Waals surface area contributed by atoms with Crippen LogP contribution < -0.4 is 5.32 Å². The van der Waals surface area contributed by atoms with Crippen LogP contribution in [-0.2, 0) is 6.42 Å². The molecule has 4 rings (SSSR count). The van der Waals surface area contributed by atoms with E-state index in [1.165, 1.54) is 22.9 Å². The Morgan fingerprint density at radius 3 is 2.23 bits per heavy atom. The number of aryl methyl sites for hydroxylation is 1. The molecule has 2 heterocycles. The Balaban J connectivity index is 1.64. The standard InChI is InChI=1S/C25H21N5S/c1-17-3-7-20(8-4-17)23-22(16-26)24(30-25(29-23)31-2)28-21-9-5-18(6-10-21)15-19-11-13-27-14-12-19/h3-14H,15H2,1-2H3,(H,28,29,30). The Hall–Kier alpha value is -3.69. The van der Waals surface area contributed by atoms with Crippen molar-refractivity contribution in [2.75, 3.05) is 11.6 Å². The monoisotopic (exact) mass is 423 g/mol. The Kier molecular flexibility index (Phi) is 6.25. The number of hydrogen-bond acceptors (Lipinski definition) is 6. The van der Waals surface area contributed by atoms with Crippen molar-refractivity contribution >= 4 is 23.3 Å². The number of aromatic nitrogens is 3. The normalized spacial score (nSPS) is 10.5. The molecule has 0 atom stereocenters. The number of nitrogens with zero attached hydrogens (tertiary/aromatic N) is 4. The predicted molar refractivity (Wildman–Crippen MR) is 125 cm³/mol. The van der Waals surface area contributed by atoms with E-state index in [0.29, 0.717) is 22.2 Å². The number of anilines is 2. The van der Waals surface area contributed by atoms with Crippen molar-refractivity contribution in [1.82, 2.24) is 15.0 Å². The lowest BCUT2D eigenvalue weighted by Crippen LogP contribution is -2.03. The van der Waals surface area contributed by atoms with E-state index in [2.05, 4.69) is 38.5 Å². The molecule has 0 unspecified atom stereocenters. The van der Waals surface area contributed by atoms with Crippen LogP contribution in [0.2, 0.25) is 0 Å². The van der Waals surface area contributed by atoms with Crippen LogP contribution in [0.5, 0.6) is 0 Å². The molecule has 0 spiro atoms. The molecule has 0 saturated heterocycles. The van der Waals surface area contributed by atoms with Crippen LogP contribution in [0.3, 0.4) is 0 Å². The Labute approximate surface area is 186 Å². The van der Waals surface area contributed by atoms with Gasteiger partial charge in [-0.15, -0.1) is 0 Å². The highest BCUT2D eigenvalue weighted by atomic mass is 32.2. The van der Waals surface area contributed by atoms with Crippen LogP contribution in [0.15, 0.2) is 78.2 Å². The fourth-order valence-electron chi connectivity index (χ4n) is 3.23. The minimum absolute atomic E-state index is 0.433. The highest BCUT2D eigenvalue weighted by Gasteiger charge is 2.16. The van der Waals surface area contributed by atoms with Crippen molar-refractivity contribution in [3.63, 3.8) is 0 Å². The van der Waals surface area contributed by atoms with Crippen molar-refractivity contribution in [2.24, 2.45) is 0 Å². The van der Waals surface area contributed by atoms with Crippen molar-refractivity contribution in [3.8, 4) is 17.3 Å². The van der Waals surface area contributed by atoms with Crippen molar-refractivity contribution in [2.45, 2.75) is 18.5 Å². The van der Waals surface area contributed by atoms with Gasteiger partial charge in [0.05, 0.1) is 5.69 Å². The number of thioether (sulfide) groups is 1. The minimum Gasteiger partial charge on any atom is -0.339 e. The average molecular weight is 424 g/mol. The van der Waals surface area contributed by atoms with Crippen LogP contribution in [-0.4, -0.2) is 21.2 Å². The maximum absolute atomic E-state index is 9.88. The van der Waals surface area contributed by atoms with Crippen LogP contribution in [0.25, 0.3) is 11.3 Å². The van der Waals surface area contributed by atoms with Gasteiger partial charge in [0.1, 0.15) is 11.6 Å². The van der Waals surface area contributed by atoms with Crippen LogP contribution in [0.4, 0.5) is 11.5 Å². The summed E-state index contributed by atoms with van der Waals surface area (Å²) in [5.74, 6) is 0.513. The lowest BCUT2D eigenvalue weighted by atomic mass is 10.0. The summed E-state index contributed by atoms with van der Waals surface area (Å²) in [6.07, 6.45) is 6.38. The summed E-state index contributed by atoms with van der Waals surface area (Å²) in [5, 5.41) is 13.8. The van der Waals surface area contributed by atoms with Gasteiger partial charge < -0.3 is 5.32 Å². The van der Waals surface area contributed by atoms with Gasteiger partial charge in [0.25, 0.3) is 0 Å². The number of rotatable bonds is 6. The molecule has 0 amide bonds. The number of nitrogens with one attached hydrogen (secondary N) is 1. The van der Waals surface area contributed by atoms with Gasteiger partial charge in [-0.2, -0.15) is 5.26 Å². The van der Waals surface area contributed by atoms with Gasteiger partial charge in [0.2, 0.25) is 0 Å². The first-order chi connectivity index (χ1) is 15.2. The molecule has 2 aromatic carbocycles. The first-order valence-electron chi connectivity index (χ1n) is 9.84. The molecule has 0 fully saturated rings. The topological polar surface area (TPSA) is 74.5 Å². The molecule has 4 aromatic rings. The van der Waals surface area contributed by atoms with Gasteiger partial charge in [-0.25, -0.2) is 9.97 Å². The van der Waals surface area contributed by atoms with E-state index in [4.69, 9.17) is 0 Å². The number of pyridine rings is 1. The molecule has 152 valence electrons. The zero-order valence-corrected chi connectivity index (χ0v) is 18.1. The Morgan fingerprint density at radius 1 is 0.903 bits per heavy atom. The molecule has 2 aromatic heterocycles. The highest BCUT2D eigenvalue weighted by molar-refractivity contribution is 7.98. The van der Waals surface area contributed by atoms with Gasteiger partial charge in [0, 0.05) is 23.6 Å². The molecule has 0 aliphatic heterocycles. The Bertz CT molecular complexity index is 1210. The first-order valence-corrected chi connectivity index (χ1v) is 11.1. The van der Waals surface area contributed by atoms with Crippen LogP contribution in [0, 0.1) is 18.3 Å². The number of nitriles is 1. The predicted octanol–water partition coefficient (Wildman–Crippen LogP) is 5.78. The minimum atomic E-state index is 0.433. The van der Waals surface area contributed by atoms with E-state index in [9.17, 15) is 5.26 Å². The number of benzene rings is 2. The van der Waals surface area contributed by atoms with E-state index >= 15 is 0 Å². The maximum atomic E-state index is 9.88. The second-order valence-electron chi connectivity index (χ2n) is 7.11. The SMILES string of the molecule is CSc1nc(Nc2ccc(Cc3ccncc3)cc2)c(C#N)c(-c2ccc(C)cc2)n1. The molecular formula is C25H21N5S. The summed E-state index contributed by atoms with van der Waals surface area (Å²) >= 11 is 1.45. The molecule has 0 aliphatic rings. The van der Waals surface area contributed by atoms with Crippen LogP contribution >= 0.6 is 11.8 Å². The highest BCUT2D eigenvalue weighted by Crippen LogP contribution is 2.30. The summed E-state index contributed by atoms with van der Waals surface area (Å²) in [6.45, 7) is 2.04. The third-order valence-electron chi connectivity index (χ3n) is 4.88. The Morgan fingerprint density at radius 2 is 1.58 bits per heavy atom. The largest absolute Gasteiger partial charge is 0.339 e. The fraction of sp³-hybridized carbons (Fsp3) is 0.120. The average Bonchev–Trinajstić information content (AvgIpc) is 2.81. The van der Waals surface area contributed by atoms with E-state index in [1.807, 2.05) is 61.7 Å². The fourth-order valence-corrected chi connectivity index (χ4v) is 3.59. The summed E-state index contributed by atoms with van der Waals surface area (Å²) in [5.41, 5.74) is 6.41. The summed E-state index contributed by atoms with van der Waals surface area (Å²) in [4.78, 5) is 13.2. The lowest BCUT2D eigenvalue weighted by molar-refractivity contribution is 0.975. The van der Waals surface area contributed by atoms with E-state index in [1.54, 1.807) is 12.4 Å². The molecule has 0 saturated carbocycles. The smallest absolute Gasteiger partial charge is 0.189 e. The van der Waals surface area contributed by atoms with Gasteiger partial charge in [-0.05, 0) is 55.0 Å². The van der Waals surface area contributed by atoms with Crippen molar-refractivity contribution in [3.05, 3.63) is 95.3 Å². The zero-order valence-electron chi connectivity index (χ0n) is 17.3. The van der Waals surface area contributed by atoms with Gasteiger partial charge in [-0.3, -0.25) is 4.98 Å². The maximum Gasteiger partial charge on any atom is 0.189 e. The van der Waals surface area contributed by atoms with Crippen molar-refractivity contribution < 1.29 is 0 Å². The first kappa shape index (κ1) is 20.6. The van der Waals surface area contributed by atoms with Crippen molar-refractivity contribution in [1.29, 1.82) is 5.26 Å². The molecule has 0 aliphatic carbocycles. The van der Waals surface area contributed by atoms with E-state index in [0.717, 1.165) is 23.2 Å². The van der Waals surface area contributed by atoms with Crippen LogP contribution in [0.1, 0.15) is 22.3 Å².